The molecule has 0 spiro atoms. The highest BCUT2D eigenvalue weighted by molar-refractivity contribution is 5.94. The smallest absolute Gasteiger partial charge is 0.251 e. The van der Waals surface area contributed by atoms with Crippen LogP contribution in [0.15, 0.2) is 30.3 Å². The molecule has 1 aliphatic carbocycles. The molecule has 4 nitrogen and oxygen atoms in total. The number of nitrogens with one attached hydrogen (secondary N) is 1. The zero-order chi connectivity index (χ0) is 14.8. The van der Waals surface area contributed by atoms with Crippen molar-refractivity contribution in [1.82, 2.24) is 5.32 Å². The molecule has 0 heterocycles. The fourth-order valence-electron chi connectivity index (χ4n) is 2.88. The normalized spacial score (nSPS) is 27.7. The fourth-order valence-corrected chi connectivity index (χ4v) is 2.88. The molecule has 1 aromatic rings. The lowest BCUT2D eigenvalue weighted by Crippen LogP contribution is -2.74. The van der Waals surface area contributed by atoms with E-state index in [1.165, 1.54) is 0 Å². The van der Waals surface area contributed by atoms with Crippen LogP contribution in [-0.2, 0) is 4.74 Å². The lowest BCUT2D eigenvalue weighted by molar-refractivity contribution is -0.172. The van der Waals surface area contributed by atoms with Crippen molar-refractivity contribution in [2.75, 3.05) is 13.2 Å². The number of aliphatic hydroxyl groups is 1. The maximum atomic E-state index is 12.3. The summed E-state index contributed by atoms with van der Waals surface area (Å²) >= 11 is 0. The Morgan fingerprint density at radius 2 is 2.05 bits per heavy atom. The van der Waals surface area contributed by atoms with Crippen molar-refractivity contribution in [1.29, 1.82) is 0 Å². The number of amides is 1. The van der Waals surface area contributed by atoms with Gasteiger partial charge in [0.15, 0.2) is 0 Å². The second-order valence-corrected chi connectivity index (χ2v) is 5.93. The predicted molar refractivity (Wildman–Crippen MR) is 77.5 cm³/mol. The number of benzene rings is 1. The molecule has 0 radical (unpaired) electrons. The number of rotatable bonds is 5. The van der Waals surface area contributed by atoms with Gasteiger partial charge in [0.05, 0.1) is 18.2 Å². The Labute approximate surface area is 120 Å². The Morgan fingerprint density at radius 1 is 1.40 bits per heavy atom. The maximum absolute atomic E-state index is 12.3. The maximum Gasteiger partial charge on any atom is 0.251 e. The second kappa shape index (κ2) is 5.54. The second-order valence-electron chi connectivity index (χ2n) is 5.93. The molecule has 0 bridgehead atoms. The molecule has 0 saturated heterocycles. The number of ether oxygens (including phenoxy) is 1. The van der Waals surface area contributed by atoms with Gasteiger partial charge < -0.3 is 15.2 Å². The Bertz CT molecular complexity index is 472. The van der Waals surface area contributed by atoms with Crippen molar-refractivity contribution in [3.8, 4) is 0 Å². The molecular weight excluding hydrogens is 254 g/mol. The Morgan fingerprint density at radius 3 is 2.55 bits per heavy atom. The zero-order valence-corrected chi connectivity index (χ0v) is 12.3. The van der Waals surface area contributed by atoms with Gasteiger partial charge in [-0.25, -0.2) is 0 Å². The summed E-state index contributed by atoms with van der Waals surface area (Å²) in [6.07, 6.45) is 0.707. The SMILES string of the molecule is CCO[C@@H]1C[C@](CO)(NC(=O)c2ccccc2)C1(C)C. The molecule has 2 atom stereocenters. The first-order valence-corrected chi connectivity index (χ1v) is 7.07. The molecule has 1 fully saturated rings. The molecule has 2 rings (SSSR count). The van der Waals surface area contributed by atoms with E-state index in [0.717, 1.165) is 0 Å². The minimum Gasteiger partial charge on any atom is -0.394 e. The third kappa shape index (κ3) is 2.34. The van der Waals surface area contributed by atoms with Crippen LogP contribution < -0.4 is 5.32 Å². The van der Waals surface area contributed by atoms with Crippen LogP contribution >= 0.6 is 0 Å². The van der Waals surface area contributed by atoms with Crippen LogP contribution in [0, 0.1) is 5.41 Å². The quantitative estimate of drug-likeness (QED) is 0.865. The molecule has 110 valence electrons. The van der Waals surface area contributed by atoms with Crippen molar-refractivity contribution in [2.24, 2.45) is 5.41 Å². The number of hydrogen-bond donors (Lipinski definition) is 2. The minimum atomic E-state index is -0.611. The molecule has 0 aromatic heterocycles. The summed E-state index contributed by atoms with van der Waals surface area (Å²) in [6.45, 7) is 6.57. The molecule has 20 heavy (non-hydrogen) atoms. The monoisotopic (exact) mass is 277 g/mol. The van der Waals surface area contributed by atoms with Gasteiger partial charge in [-0.2, -0.15) is 0 Å². The summed E-state index contributed by atoms with van der Waals surface area (Å²) < 4.78 is 5.68. The van der Waals surface area contributed by atoms with Gasteiger partial charge in [0.25, 0.3) is 5.91 Å². The van der Waals surface area contributed by atoms with Crippen molar-refractivity contribution in [2.45, 2.75) is 38.8 Å². The molecule has 4 heteroatoms. The van der Waals surface area contributed by atoms with Crippen molar-refractivity contribution in [3.05, 3.63) is 35.9 Å². The molecule has 1 amide bonds. The number of carbonyl (C=O) groups is 1. The number of aliphatic hydroxyl groups excluding tert-OH is 1. The van der Waals surface area contributed by atoms with Crippen LogP contribution in [0.1, 0.15) is 37.6 Å². The van der Waals surface area contributed by atoms with Crippen LogP contribution in [0.2, 0.25) is 0 Å². The molecule has 1 saturated carbocycles. The lowest BCUT2D eigenvalue weighted by atomic mass is 9.54. The number of hydrogen-bond acceptors (Lipinski definition) is 3. The van der Waals surface area contributed by atoms with E-state index in [1.807, 2.05) is 39.0 Å². The summed E-state index contributed by atoms with van der Waals surface area (Å²) in [5, 5.41) is 12.8. The van der Waals surface area contributed by atoms with Crippen LogP contribution in [0.3, 0.4) is 0 Å². The molecule has 1 aromatic carbocycles. The van der Waals surface area contributed by atoms with Gasteiger partial charge in [0.1, 0.15) is 0 Å². The lowest BCUT2D eigenvalue weighted by Gasteiger charge is -2.60. The van der Waals surface area contributed by atoms with E-state index >= 15 is 0 Å². The fraction of sp³-hybridized carbons (Fsp3) is 0.562. The highest BCUT2D eigenvalue weighted by Crippen LogP contribution is 2.51. The largest absolute Gasteiger partial charge is 0.394 e. The van der Waals surface area contributed by atoms with Crippen molar-refractivity contribution >= 4 is 5.91 Å². The topological polar surface area (TPSA) is 58.6 Å². The summed E-state index contributed by atoms with van der Waals surface area (Å²) in [4.78, 5) is 12.3. The first-order valence-electron chi connectivity index (χ1n) is 7.07. The van der Waals surface area contributed by atoms with Crippen LogP contribution in [0.5, 0.6) is 0 Å². The molecule has 2 N–H and O–H groups in total. The van der Waals surface area contributed by atoms with Crippen molar-refractivity contribution in [3.63, 3.8) is 0 Å². The molecular formula is C16H23NO3. The standard InChI is InChI=1S/C16H23NO3/c1-4-20-13-10-16(11-18,15(13,2)3)17-14(19)12-8-6-5-7-9-12/h5-9,13,18H,4,10-11H2,1-3H3,(H,17,19)/t13-,16-/m1/s1. The first kappa shape index (κ1) is 15.0. The van der Waals surface area contributed by atoms with Crippen molar-refractivity contribution < 1.29 is 14.6 Å². The van der Waals surface area contributed by atoms with Crippen LogP contribution in [0.4, 0.5) is 0 Å². The van der Waals surface area contributed by atoms with Gasteiger partial charge in [0.2, 0.25) is 0 Å². The average Bonchev–Trinajstić information content (AvgIpc) is 2.46. The zero-order valence-electron chi connectivity index (χ0n) is 12.3. The van der Waals surface area contributed by atoms with E-state index in [-0.39, 0.29) is 24.0 Å². The van der Waals surface area contributed by atoms with Gasteiger partial charge in [-0.1, -0.05) is 32.0 Å². The van der Waals surface area contributed by atoms with Gasteiger partial charge in [0, 0.05) is 24.0 Å². The van der Waals surface area contributed by atoms with E-state index in [2.05, 4.69) is 5.32 Å². The summed E-state index contributed by atoms with van der Waals surface area (Å²) in [6, 6.07) is 9.07. The number of carbonyl (C=O) groups excluding carboxylic acids is 1. The Balaban J connectivity index is 2.12. The van der Waals surface area contributed by atoms with Gasteiger partial charge in [-0.3, -0.25) is 4.79 Å². The molecule has 1 aliphatic rings. The highest BCUT2D eigenvalue weighted by atomic mass is 16.5. The van der Waals surface area contributed by atoms with E-state index in [1.54, 1.807) is 12.1 Å². The third-order valence-corrected chi connectivity index (χ3v) is 4.60. The van der Waals surface area contributed by atoms with Crippen LogP contribution in [0.25, 0.3) is 0 Å². The highest BCUT2D eigenvalue weighted by Gasteiger charge is 2.61. The van der Waals surface area contributed by atoms with Gasteiger partial charge in [-0.15, -0.1) is 0 Å². The molecule has 0 aliphatic heterocycles. The first-order chi connectivity index (χ1) is 9.47. The minimum absolute atomic E-state index is 0.0655. The average molecular weight is 277 g/mol. The summed E-state index contributed by atoms with van der Waals surface area (Å²) in [5.41, 5.74) is -0.293. The summed E-state index contributed by atoms with van der Waals surface area (Å²) in [7, 11) is 0. The molecule has 0 unspecified atom stereocenters. The Kier molecular flexibility index (Phi) is 4.16. The van der Waals surface area contributed by atoms with E-state index in [4.69, 9.17) is 4.74 Å². The van der Waals surface area contributed by atoms with Gasteiger partial charge >= 0.3 is 0 Å². The van der Waals surface area contributed by atoms with Crippen LogP contribution in [-0.4, -0.2) is 35.9 Å². The third-order valence-electron chi connectivity index (χ3n) is 4.60. The predicted octanol–water partition coefficient (Wildman–Crippen LogP) is 1.98. The van der Waals surface area contributed by atoms with E-state index < -0.39 is 5.54 Å². The van der Waals surface area contributed by atoms with E-state index in [0.29, 0.717) is 18.6 Å². The van der Waals surface area contributed by atoms with Gasteiger partial charge in [-0.05, 0) is 19.1 Å². The Hall–Kier alpha value is -1.39. The van der Waals surface area contributed by atoms with E-state index in [9.17, 15) is 9.90 Å². The summed E-state index contributed by atoms with van der Waals surface area (Å²) in [5.74, 6) is -0.150.